The van der Waals surface area contributed by atoms with Gasteiger partial charge in [0.1, 0.15) is 16.6 Å². The van der Waals surface area contributed by atoms with Crippen LogP contribution in [0.2, 0.25) is 5.02 Å². The minimum atomic E-state index is -0.994. The molecular formula is C25H24ClN3O2S2. The van der Waals surface area contributed by atoms with Crippen molar-refractivity contribution in [3.63, 3.8) is 0 Å². The topological polar surface area (TPSA) is 71.1 Å². The molecule has 1 amide bonds. The number of piperidine rings is 1. The van der Waals surface area contributed by atoms with Crippen molar-refractivity contribution in [3.05, 3.63) is 75.6 Å². The van der Waals surface area contributed by atoms with Gasteiger partial charge in [-0.15, -0.1) is 11.8 Å². The number of halogens is 1. The number of thiophene rings is 1. The molecule has 170 valence electrons. The largest absolute Gasteiger partial charge is 0.367 e. The van der Waals surface area contributed by atoms with E-state index in [0.717, 1.165) is 11.4 Å². The molecule has 2 aliphatic rings. The van der Waals surface area contributed by atoms with Gasteiger partial charge in [0, 0.05) is 17.4 Å². The zero-order valence-electron chi connectivity index (χ0n) is 18.1. The van der Waals surface area contributed by atoms with Crippen LogP contribution in [0.4, 0.5) is 5.82 Å². The number of amides is 1. The van der Waals surface area contributed by atoms with Gasteiger partial charge in [0.2, 0.25) is 5.91 Å². The normalized spacial score (nSPS) is 23.8. The maximum atomic E-state index is 13.4. The van der Waals surface area contributed by atoms with Gasteiger partial charge in [0.05, 0.1) is 10.7 Å². The van der Waals surface area contributed by atoms with E-state index < -0.39 is 10.8 Å². The highest BCUT2D eigenvalue weighted by atomic mass is 35.5. The molecule has 8 heteroatoms. The first-order chi connectivity index (χ1) is 16.0. The first-order valence-electron chi connectivity index (χ1n) is 11.0. The van der Waals surface area contributed by atoms with Crippen molar-refractivity contribution in [1.82, 2.24) is 10.3 Å². The van der Waals surface area contributed by atoms with Crippen LogP contribution < -0.4 is 10.6 Å². The fourth-order valence-corrected chi connectivity index (χ4v) is 6.26. The summed E-state index contributed by atoms with van der Waals surface area (Å²) in [6.45, 7) is 2.17. The maximum absolute atomic E-state index is 13.4. The lowest BCUT2D eigenvalue weighted by Gasteiger charge is -2.39. The molecule has 2 fully saturated rings. The van der Waals surface area contributed by atoms with Crippen LogP contribution in [0.5, 0.6) is 0 Å². The first kappa shape index (κ1) is 22.4. The molecule has 5 rings (SSSR count). The zero-order chi connectivity index (χ0) is 23.0. The summed E-state index contributed by atoms with van der Waals surface area (Å²) in [5.41, 5.74) is 0.540. The molecule has 2 aromatic heterocycles. The summed E-state index contributed by atoms with van der Waals surface area (Å²) in [6.07, 6.45) is 2.61. The molecule has 3 atom stereocenters. The van der Waals surface area contributed by atoms with E-state index in [4.69, 9.17) is 16.6 Å². The highest BCUT2D eigenvalue weighted by molar-refractivity contribution is 8.01. The number of hydrogen-bond donors (Lipinski definition) is 2. The van der Waals surface area contributed by atoms with Gasteiger partial charge in [-0.2, -0.15) is 11.3 Å². The molecule has 0 bridgehead atoms. The molecule has 3 heterocycles. The highest BCUT2D eigenvalue weighted by Crippen LogP contribution is 2.41. The summed E-state index contributed by atoms with van der Waals surface area (Å²) >= 11 is 9.01. The lowest BCUT2D eigenvalue weighted by molar-refractivity contribution is -0.133. The Hall–Kier alpha value is -2.35. The Kier molecular flexibility index (Phi) is 6.20. The number of pyridine rings is 1. The molecule has 1 saturated carbocycles. The number of aromatic nitrogens is 1. The summed E-state index contributed by atoms with van der Waals surface area (Å²) in [5.74, 6) is 0.978. The number of ketones is 1. The number of thioether (sulfide) groups is 1. The zero-order valence-corrected chi connectivity index (χ0v) is 20.5. The van der Waals surface area contributed by atoms with Crippen molar-refractivity contribution in [3.8, 4) is 0 Å². The summed E-state index contributed by atoms with van der Waals surface area (Å²) in [6, 6.07) is 15.3. The second-order valence-electron chi connectivity index (χ2n) is 8.66. The Morgan fingerprint density at radius 3 is 2.70 bits per heavy atom. The average molecular weight is 498 g/mol. The maximum Gasteiger partial charge on any atom is 0.242 e. The van der Waals surface area contributed by atoms with Gasteiger partial charge < -0.3 is 10.6 Å². The number of nitrogens with zero attached hydrogens (tertiary/aromatic N) is 1. The van der Waals surface area contributed by atoms with Crippen LogP contribution in [0.25, 0.3) is 0 Å². The van der Waals surface area contributed by atoms with Crippen LogP contribution in [0.15, 0.2) is 64.2 Å². The highest BCUT2D eigenvalue weighted by Gasteiger charge is 2.48. The van der Waals surface area contributed by atoms with Gasteiger partial charge in [-0.25, -0.2) is 4.98 Å². The minimum Gasteiger partial charge on any atom is -0.367 e. The molecule has 5 nitrogen and oxygen atoms in total. The Morgan fingerprint density at radius 2 is 2.00 bits per heavy atom. The van der Waals surface area contributed by atoms with Crippen LogP contribution in [0.3, 0.4) is 0 Å². The van der Waals surface area contributed by atoms with Crippen LogP contribution >= 0.6 is 34.7 Å². The number of anilines is 1. The molecule has 0 spiro atoms. The lowest BCUT2D eigenvalue weighted by Crippen LogP contribution is -2.58. The van der Waals surface area contributed by atoms with Crippen LogP contribution in [0.1, 0.15) is 37.4 Å². The second-order valence-corrected chi connectivity index (χ2v) is 11.0. The van der Waals surface area contributed by atoms with Gasteiger partial charge in [0.25, 0.3) is 0 Å². The predicted molar refractivity (Wildman–Crippen MR) is 134 cm³/mol. The monoisotopic (exact) mass is 497 g/mol. The number of hydrogen-bond acceptors (Lipinski definition) is 6. The third-order valence-electron chi connectivity index (χ3n) is 6.29. The lowest BCUT2D eigenvalue weighted by atomic mass is 9.79. The first-order valence-corrected chi connectivity index (χ1v) is 13.2. The van der Waals surface area contributed by atoms with Crippen molar-refractivity contribution in [2.24, 2.45) is 5.92 Å². The van der Waals surface area contributed by atoms with Crippen molar-refractivity contribution < 1.29 is 9.59 Å². The molecule has 1 aromatic carbocycles. The van der Waals surface area contributed by atoms with E-state index in [1.165, 1.54) is 35.9 Å². The average Bonchev–Trinajstić information content (AvgIpc) is 3.51. The Morgan fingerprint density at radius 1 is 1.18 bits per heavy atom. The summed E-state index contributed by atoms with van der Waals surface area (Å²) in [4.78, 5) is 32.3. The molecule has 33 heavy (non-hydrogen) atoms. The molecule has 3 aromatic rings. The van der Waals surface area contributed by atoms with Gasteiger partial charge in [-0.3, -0.25) is 9.59 Å². The third-order valence-corrected chi connectivity index (χ3v) is 8.74. The Labute approximate surface area is 206 Å². The molecule has 1 saturated heterocycles. The third kappa shape index (κ3) is 4.54. The molecule has 1 aliphatic carbocycles. The smallest absolute Gasteiger partial charge is 0.242 e. The number of rotatable bonds is 7. The predicted octanol–water partition coefficient (Wildman–Crippen LogP) is 5.50. The number of benzene rings is 1. The molecule has 3 unspecified atom stereocenters. The van der Waals surface area contributed by atoms with Crippen molar-refractivity contribution in [2.45, 2.75) is 47.9 Å². The van der Waals surface area contributed by atoms with Crippen LogP contribution in [-0.4, -0.2) is 28.0 Å². The quantitative estimate of drug-likeness (QED) is 0.422. The Bertz CT molecular complexity index is 1160. The SMILES string of the molecule is CC(Nc1cccc(C2(c3ccsc3)CC(=O)C(Sc3ccccc3Cl)C(=O)N2)n1)C1CC1. The fraction of sp³-hybridized carbons (Fsp3) is 0.320. The molecule has 1 aliphatic heterocycles. The summed E-state index contributed by atoms with van der Waals surface area (Å²) < 4.78 is 0. The van der Waals surface area contributed by atoms with E-state index in [2.05, 4.69) is 17.6 Å². The van der Waals surface area contributed by atoms with Crippen molar-refractivity contribution >= 4 is 52.2 Å². The van der Waals surface area contributed by atoms with E-state index >= 15 is 0 Å². The molecule has 0 radical (unpaired) electrons. The Balaban J connectivity index is 1.46. The van der Waals surface area contributed by atoms with E-state index in [0.29, 0.717) is 27.6 Å². The molecule has 2 N–H and O–H groups in total. The van der Waals surface area contributed by atoms with Gasteiger partial charge in [-0.1, -0.05) is 29.8 Å². The fourth-order valence-electron chi connectivity index (χ4n) is 4.29. The van der Waals surface area contributed by atoms with Gasteiger partial charge in [-0.05, 0) is 72.3 Å². The van der Waals surface area contributed by atoms with E-state index in [9.17, 15) is 9.59 Å². The number of carbonyl (C=O) groups excluding carboxylic acids is 2. The number of nitrogens with one attached hydrogen (secondary N) is 2. The van der Waals surface area contributed by atoms with E-state index in [-0.39, 0.29) is 18.1 Å². The van der Waals surface area contributed by atoms with Crippen LogP contribution in [0, 0.1) is 5.92 Å². The van der Waals surface area contributed by atoms with Crippen molar-refractivity contribution in [2.75, 3.05) is 5.32 Å². The van der Waals surface area contributed by atoms with Crippen molar-refractivity contribution in [1.29, 1.82) is 0 Å². The number of Topliss-reactive ketones (excluding diaryl/α,β-unsaturated/α-hetero) is 1. The minimum absolute atomic E-state index is 0.131. The number of carbonyl (C=O) groups is 2. The summed E-state index contributed by atoms with van der Waals surface area (Å²) in [7, 11) is 0. The van der Waals surface area contributed by atoms with Gasteiger partial charge in [0.15, 0.2) is 5.78 Å². The standard InChI is InChI=1S/C25H24ClN3O2S2/c1-15(16-9-10-16)27-22-8-4-7-21(28-22)25(17-11-12-32-14-17)13-19(30)23(24(31)29-25)33-20-6-3-2-5-18(20)26/h2-8,11-12,14-16,23H,9-10,13H2,1H3,(H,27,28)(H,29,31). The van der Waals surface area contributed by atoms with Crippen LogP contribution in [-0.2, 0) is 15.1 Å². The molecular weight excluding hydrogens is 474 g/mol. The van der Waals surface area contributed by atoms with E-state index in [1.807, 2.05) is 53.2 Å². The van der Waals surface area contributed by atoms with Gasteiger partial charge >= 0.3 is 0 Å². The second kappa shape index (κ2) is 9.12. The van der Waals surface area contributed by atoms with E-state index in [1.54, 1.807) is 6.07 Å². The summed E-state index contributed by atoms with van der Waals surface area (Å²) in [5, 5.41) is 10.3.